The first kappa shape index (κ1) is 13.2. The van der Waals surface area contributed by atoms with Crippen LogP contribution in [-0.4, -0.2) is 68.1 Å². The van der Waals surface area contributed by atoms with Gasteiger partial charge in [0.2, 0.25) is 10.0 Å². The van der Waals surface area contributed by atoms with Crippen LogP contribution < -0.4 is 5.32 Å². The Morgan fingerprint density at radius 3 is 2.88 bits per heavy atom. The highest BCUT2D eigenvalue weighted by atomic mass is 32.2. The van der Waals surface area contributed by atoms with Crippen LogP contribution in [0.2, 0.25) is 0 Å². The lowest BCUT2D eigenvalue weighted by Gasteiger charge is -2.37. The molecule has 0 saturated carbocycles. The van der Waals surface area contributed by atoms with Crippen molar-refractivity contribution in [1.82, 2.24) is 9.62 Å². The fraction of sp³-hybridized carbons (Fsp3) is 1.00. The van der Waals surface area contributed by atoms with Crippen LogP contribution in [0.15, 0.2) is 0 Å². The van der Waals surface area contributed by atoms with Crippen molar-refractivity contribution in [1.29, 1.82) is 0 Å². The Kier molecular flexibility index (Phi) is 4.04. The summed E-state index contributed by atoms with van der Waals surface area (Å²) in [5.74, 6) is 0. The maximum absolute atomic E-state index is 12.4. The lowest BCUT2D eigenvalue weighted by Crippen LogP contribution is -2.54. The zero-order valence-corrected chi connectivity index (χ0v) is 10.8. The van der Waals surface area contributed by atoms with Gasteiger partial charge in [-0.25, -0.2) is 8.42 Å². The van der Waals surface area contributed by atoms with Gasteiger partial charge in [0.25, 0.3) is 0 Å². The van der Waals surface area contributed by atoms with E-state index in [9.17, 15) is 8.42 Å². The Labute approximate surface area is 102 Å². The number of aliphatic hydroxyl groups is 1. The third kappa shape index (κ3) is 2.63. The third-order valence-electron chi connectivity index (χ3n) is 3.42. The fourth-order valence-electron chi connectivity index (χ4n) is 2.33. The number of rotatable bonds is 3. The first-order valence-electron chi connectivity index (χ1n) is 5.99. The van der Waals surface area contributed by atoms with Gasteiger partial charge in [0, 0.05) is 19.1 Å². The van der Waals surface area contributed by atoms with Crippen LogP contribution in [0, 0.1) is 0 Å². The van der Waals surface area contributed by atoms with Gasteiger partial charge in [-0.2, -0.15) is 4.31 Å². The molecule has 2 saturated heterocycles. The van der Waals surface area contributed by atoms with Gasteiger partial charge in [0.1, 0.15) is 0 Å². The summed E-state index contributed by atoms with van der Waals surface area (Å²) < 4.78 is 31.7. The molecule has 0 spiro atoms. The average Bonchev–Trinajstić information content (AvgIpc) is 2.83. The molecule has 2 aliphatic heterocycles. The molecule has 17 heavy (non-hydrogen) atoms. The van der Waals surface area contributed by atoms with Crippen LogP contribution in [0.3, 0.4) is 0 Å². The van der Waals surface area contributed by atoms with Crippen molar-refractivity contribution in [3.05, 3.63) is 0 Å². The highest BCUT2D eigenvalue weighted by molar-refractivity contribution is 7.89. The molecule has 0 radical (unpaired) electrons. The van der Waals surface area contributed by atoms with E-state index >= 15 is 0 Å². The van der Waals surface area contributed by atoms with E-state index in [0.29, 0.717) is 19.6 Å². The molecule has 2 aliphatic rings. The third-order valence-corrected chi connectivity index (χ3v) is 5.82. The Morgan fingerprint density at radius 1 is 1.53 bits per heavy atom. The van der Waals surface area contributed by atoms with Crippen molar-refractivity contribution in [2.45, 2.75) is 30.7 Å². The van der Waals surface area contributed by atoms with Gasteiger partial charge in [-0.3, -0.25) is 0 Å². The Hall–Kier alpha value is -0.210. The number of nitrogens with one attached hydrogen (secondary N) is 1. The number of aliphatic hydroxyl groups excluding tert-OH is 1. The Morgan fingerprint density at radius 2 is 2.29 bits per heavy atom. The summed E-state index contributed by atoms with van der Waals surface area (Å²) in [6.45, 7) is 3.60. The predicted octanol–water partition coefficient (Wildman–Crippen LogP) is -1.24. The molecule has 3 atom stereocenters. The van der Waals surface area contributed by atoms with E-state index < -0.39 is 16.1 Å². The van der Waals surface area contributed by atoms with E-state index in [1.165, 1.54) is 4.31 Å². The first-order chi connectivity index (χ1) is 8.05. The van der Waals surface area contributed by atoms with Crippen LogP contribution in [0.5, 0.6) is 0 Å². The number of ether oxygens (including phenoxy) is 1. The minimum Gasteiger partial charge on any atom is -0.394 e. The number of hydrogen-bond acceptors (Lipinski definition) is 5. The van der Waals surface area contributed by atoms with Crippen molar-refractivity contribution in [2.24, 2.45) is 0 Å². The molecule has 0 aromatic heterocycles. The van der Waals surface area contributed by atoms with Crippen LogP contribution in [0.25, 0.3) is 0 Å². The van der Waals surface area contributed by atoms with E-state index in [-0.39, 0.29) is 24.4 Å². The normalized spacial score (nSPS) is 36.2. The molecule has 7 heteroatoms. The van der Waals surface area contributed by atoms with Gasteiger partial charge >= 0.3 is 0 Å². The molecule has 3 unspecified atom stereocenters. The number of hydrogen-bond donors (Lipinski definition) is 2. The fourth-order valence-corrected chi connectivity index (χ4v) is 4.39. The highest BCUT2D eigenvalue weighted by Crippen LogP contribution is 2.22. The second-order valence-corrected chi connectivity index (χ2v) is 6.88. The standard InChI is InChI=1S/C10H20N2O4S/c1-8-7-16-9(6-13)5-12(8)17(14,15)10-2-3-11-4-10/h8-11,13H,2-7H2,1H3. The van der Waals surface area contributed by atoms with E-state index in [0.717, 1.165) is 6.54 Å². The lowest BCUT2D eigenvalue weighted by atomic mass is 10.2. The molecule has 0 aliphatic carbocycles. The quantitative estimate of drug-likeness (QED) is 0.666. The molecule has 0 amide bonds. The number of morpholine rings is 1. The summed E-state index contributed by atoms with van der Waals surface area (Å²) in [6, 6.07) is -0.150. The van der Waals surface area contributed by atoms with Crippen LogP contribution in [-0.2, 0) is 14.8 Å². The van der Waals surface area contributed by atoms with Gasteiger partial charge in [-0.05, 0) is 19.9 Å². The highest BCUT2D eigenvalue weighted by Gasteiger charge is 2.40. The summed E-state index contributed by atoms with van der Waals surface area (Å²) in [5.41, 5.74) is 0. The van der Waals surface area contributed by atoms with Crippen LogP contribution in [0.1, 0.15) is 13.3 Å². The molecule has 6 nitrogen and oxygen atoms in total. The van der Waals surface area contributed by atoms with Crippen molar-refractivity contribution in [2.75, 3.05) is 32.8 Å². The SMILES string of the molecule is CC1COC(CO)CN1S(=O)(=O)C1CCNC1. The Balaban J connectivity index is 2.12. The molecule has 2 fully saturated rings. The molecule has 0 bridgehead atoms. The van der Waals surface area contributed by atoms with Crippen molar-refractivity contribution < 1.29 is 18.3 Å². The number of sulfonamides is 1. The van der Waals surface area contributed by atoms with Crippen LogP contribution >= 0.6 is 0 Å². The zero-order chi connectivity index (χ0) is 12.5. The minimum atomic E-state index is -3.27. The largest absolute Gasteiger partial charge is 0.394 e. The lowest BCUT2D eigenvalue weighted by molar-refractivity contribution is -0.0518. The topological polar surface area (TPSA) is 78.9 Å². The number of nitrogens with zero attached hydrogens (tertiary/aromatic N) is 1. The van der Waals surface area contributed by atoms with E-state index in [4.69, 9.17) is 9.84 Å². The molecule has 2 rings (SSSR count). The second-order valence-electron chi connectivity index (χ2n) is 4.72. The van der Waals surface area contributed by atoms with Gasteiger partial charge in [0.05, 0.1) is 24.6 Å². The maximum Gasteiger partial charge on any atom is 0.218 e. The molecule has 2 N–H and O–H groups in total. The summed E-state index contributed by atoms with van der Waals surface area (Å²) in [4.78, 5) is 0. The summed E-state index contributed by atoms with van der Waals surface area (Å²) >= 11 is 0. The first-order valence-corrected chi connectivity index (χ1v) is 7.50. The van der Waals surface area contributed by atoms with Crippen molar-refractivity contribution in [3.8, 4) is 0 Å². The molecule has 2 heterocycles. The van der Waals surface area contributed by atoms with E-state index in [2.05, 4.69) is 5.32 Å². The Bertz CT molecular complexity index is 353. The molecular formula is C10H20N2O4S. The smallest absolute Gasteiger partial charge is 0.218 e. The minimum absolute atomic E-state index is 0.137. The van der Waals surface area contributed by atoms with Gasteiger partial charge in [-0.15, -0.1) is 0 Å². The monoisotopic (exact) mass is 264 g/mol. The van der Waals surface area contributed by atoms with E-state index in [1.54, 1.807) is 0 Å². The van der Waals surface area contributed by atoms with Gasteiger partial charge in [0.15, 0.2) is 0 Å². The zero-order valence-electron chi connectivity index (χ0n) is 10.0. The maximum atomic E-state index is 12.4. The van der Waals surface area contributed by atoms with Gasteiger partial charge < -0.3 is 15.2 Å². The second kappa shape index (κ2) is 5.19. The molecular weight excluding hydrogens is 244 g/mol. The van der Waals surface area contributed by atoms with E-state index in [1.807, 2.05) is 6.92 Å². The van der Waals surface area contributed by atoms with Crippen molar-refractivity contribution in [3.63, 3.8) is 0 Å². The van der Waals surface area contributed by atoms with Crippen molar-refractivity contribution >= 4 is 10.0 Å². The summed E-state index contributed by atoms with van der Waals surface area (Å²) in [5, 5.41) is 11.8. The van der Waals surface area contributed by atoms with Crippen LogP contribution in [0.4, 0.5) is 0 Å². The molecule has 0 aromatic rings. The average molecular weight is 264 g/mol. The van der Waals surface area contributed by atoms with Gasteiger partial charge in [-0.1, -0.05) is 0 Å². The molecule has 0 aromatic carbocycles. The summed E-state index contributed by atoms with van der Waals surface area (Å²) in [7, 11) is -3.27. The summed E-state index contributed by atoms with van der Waals surface area (Å²) in [6.07, 6.45) is 0.270. The predicted molar refractivity (Wildman–Crippen MR) is 63.2 cm³/mol. The molecule has 100 valence electrons.